The fourth-order valence-electron chi connectivity index (χ4n) is 4.38. The SMILES string of the molecule is CN1C(=O)C(c2ccccc2Cl)=CC2CNC(NC3CCC(N)CC3)NC21.Cl. The predicted molar refractivity (Wildman–Crippen MR) is 115 cm³/mol. The van der Waals surface area contributed by atoms with Crippen molar-refractivity contribution in [3.8, 4) is 0 Å². The van der Waals surface area contributed by atoms with E-state index >= 15 is 0 Å². The molecule has 1 saturated carbocycles. The Kier molecular flexibility index (Phi) is 7.02. The summed E-state index contributed by atoms with van der Waals surface area (Å²) in [4.78, 5) is 14.8. The van der Waals surface area contributed by atoms with E-state index in [0.29, 0.717) is 22.7 Å². The van der Waals surface area contributed by atoms with Crippen molar-refractivity contribution in [1.82, 2.24) is 20.9 Å². The minimum Gasteiger partial charge on any atom is -0.328 e. The van der Waals surface area contributed by atoms with Crippen LogP contribution in [0.4, 0.5) is 0 Å². The number of carbonyl (C=O) groups is 1. The standard InChI is InChI=1S/C20H28ClN5O.ClH/c1-26-18-12(10-16(19(26)27)15-4-2-3-5-17(15)21)11-23-20(25-18)24-14-8-6-13(22)7-9-14;/h2-5,10,12-14,18,20,23-25H,6-9,11,22H2,1H3;1H. The number of carbonyl (C=O) groups excluding carboxylic acids is 1. The number of nitrogens with one attached hydrogen (secondary N) is 3. The number of halogens is 2. The molecular formula is C20H29Cl2N5O. The summed E-state index contributed by atoms with van der Waals surface area (Å²) in [5.41, 5.74) is 7.48. The lowest BCUT2D eigenvalue weighted by Crippen LogP contribution is -2.70. The molecule has 154 valence electrons. The van der Waals surface area contributed by atoms with Crippen molar-refractivity contribution >= 4 is 35.5 Å². The average Bonchev–Trinajstić information content (AvgIpc) is 2.67. The van der Waals surface area contributed by atoms with Crippen molar-refractivity contribution in [2.45, 2.75) is 50.2 Å². The lowest BCUT2D eigenvalue weighted by atomic mass is 9.90. The number of nitrogens with two attached hydrogens (primary N) is 1. The molecule has 0 aromatic heterocycles. The minimum atomic E-state index is -0.0339. The molecule has 1 amide bonds. The van der Waals surface area contributed by atoms with E-state index < -0.39 is 0 Å². The Bertz CT molecular complexity index is 735. The molecule has 5 N–H and O–H groups in total. The van der Waals surface area contributed by atoms with Crippen molar-refractivity contribution < 1.29 is 4.79 Å². The van der Waals surface area contributed by atoms with Crippen LogP contribution in [0.3, 0.4) is 0 Å². The Labute approximate surface area is 177 Å². The van der Waals surface area contributed by atoms with Gasteiger partial charge in [-0.2, -0.15) is 0 Å². The first-order valence-electron chi connectivity index (χ1n) is 9.78. The minimum absolute atomic E-state index is 0. The van der Waals surface area contributed by atoms with Crippen LogP contribution in [0.25, 0.3) is 5.57 Å². The second kappa shape index (κ2) is 9.11. The summed E-state index contributed by atoms with van der Waals surface area (Å²) in [5, 5.41) is 11.3. The monoisotopic (exact) mass is 425 g/mol. The number of nitrogens with zero attached hydrogens (tertiary/aromatic N) is 1. The van der Waals surface area contributed by atoms with Gasteiger partial charge in [0.25, 0.3) is 5.91 Å². The molecule has 3 unspecified atom stereocenters. The highest BCUT2D eigenvalue weighted by molar-refractivity contribution is 6.35. The van der Waals surface area contributed by atoms with Crippen LogP contribution in [0.1, 0.15) is 31.2 Å². The molecule has 0 bridgehead atoms. The summed E-state index contributed by atoms with van der Waals surface area (Å²) < 4.78 is 0. The maximum absolute atomic E-state index is 13.0. The van der Waals surface area contributed by atoms with Crippen molar-refractivity contribution in [3.05, 3.63) is 40.9 Å². The van der Waals surface area contributed by atoms with Crippen LogP contribution < -0.4 is 21.7 Å². The van der Waals surface area contributed by atoms with Crippen LogP contribution in [0, 0.1) is 5.92 Å². The molecule has 3 aliphatic rings. The van der Waals surface area contributed by atoms with Gasteiger partial charge in [0.05, 0.1) is 6.17 Å². The second-order valence-corrected chi connectivity index (χ2v) is 8.28. The van der Waals surface area contributed by atoms with Gasteiger partial charge in [-0.15, -0.1) is 12.4 Å². The van der Waals surface area contributed by atoms with E-state index in [2.05, 4.69) is 22.0 Å². The normalized spacial score (nSPS) is 33.0. The van der Waals surface area contributed by atoms with Gasteiger partial charge in [-0.1, -0.05) is 35.9 Å². The molecule has 2 aliphatic heterocycles. The number of rotatable bonds is 3. The predicted octanol–water partition coefficient (Wildman–Crippen LogP) is 1.90. The molecule has 1 aromatic rings. The zero-order valence-electron chi connectivity index (χ0n) is 16.0. The Morgan fingerprint density at radius 3 is 2.64 bits per heavy atom. The van der Waals surface area contributed by atoms with Crippen molar-refractivity contribution in [3.63, 3.8) is 0 Å². The highest BCUT2D eigenvalue weighted by Crippen LogP contribution is 2.32. The molecular weight excluding hydrogens is 397 g/mol. The average molecular weight is 426 g/mol. The number of fused-ring (bicyclic) bond motifs is 1. The first-order chi connectivity index (χ1) is 13.0. The summed E-state index contributed by atoms with van der Waals surface area (Å²) >= 11 is 6.33. The molecule has 2 heterocycles. The zero-order valence-corrected chi connectivity index (χ0v) is 17.6. The van der Waals surface area contributed by atoms with Gasteiger partial charge >= 0.3 is 0 Å². The first kappa shape index (κ1) is 21.6. The largest absolute Gasteiger partial charge is 0.328 e. The number of benzene rings is 1. The van der Waals surface area contributed by atoms with Gasteiger partial charge in [0, 0.05) is 47.8 Å². The maximum atomic E-state index is 13.0. The smallest absolute Gasteiger partial charge is 0.255 e. The van der Waals surface area contributed by atoms with Crippen LogP contribution >= 0.6 is 24.0 Å². The van der Waals surface area contributed by atoms with E-state index in [1.165, 1.54) is 0 Å². The molecule has 0 spiro atoms. The highest BCUT2D eigenvalue weighted by Gasteiger charge is 2.39. The third-order valence-corrected chi connectivity index (χ3v) is 6.32. The fraction of sp³-hybridized carbons (Fsp3) is 0.550. The van der Waals surface area contributed by atoms with E-state index in [4.69, 9.17) is 17.3 Å². The van der Waals surface area contributed by atoms with Gasteiger partial charge in [-0.3, -0.25) is 20.7 Å². The Morgan fingerprint density at radius 2 is 1.93 bits per heavy atom. The van der Waals surface area contributed by atoms with Gasteiger partial charge in [0.1, 0.15) is 6.29 Å². The van der Waals surface area contributed by atoms with Gasteiger partial charge in [0.15, 0.2) is 0 Å². The molecule has 8 heteroatoms. The summed E-state index contributed by atoms with van der Waals surface area (Å²) in [6.07, 6.45) is 6.35. The molecule has 1 aromatic carbocycles. The van der Waals surface area contributed by atoms with Gasteiger partial charge in [-0.05, 0) is 31.7 Å². The number of amides is 1. The van der Waals surface area contributed by atoms with Crippen molar-refractivity contribution in [1.29, 1.82) is 0 Å². The lowest BCUT2D eigenvalue weighted by molar-refractivity contribution is -0.129. The summed E-state index contributed by atoms with van der Waals surface area (Å²) in [7, 11) is 1.86. The van der Waals surface area contributed by atoms with Gasteiger partial charge in [0.2, 0.25) is 0 Å². The van der Waals surface area contributed by atoms with Crippen LogP contribution in [-0.2, 0) is 4.79 Å². The van der Waals surface area contributed by atoms with E-state index in [9.17, 15) is 4.79 Å². The van der Waals surface area contributed by atoms with Crippen LogP contribution in [0.15, 0.2) is 30.3 Å². The molecule has 1 aliphatic carbocycles. The molecule has 3 atom stereocenters. The highest BCUT2D eigenvalue weighted by atomic mass is 35.5. The number of likely N-dealkylation sites (N-methyl/N-ethyl adjacent to an activating group) is 1. The van der Waals surface area contributed by atoms with E-state index in [0.717, 1.165) is 37.8 Å². The van der Waals surface area contributed by atoms with Crippen molar-refractivity contribution in [2.24, 2.45) is 11.7 Å². The third-order valence-electron chi connectivity index (χ3n) is 5.99. The Balaban J connectivity index is 0.00000225. The summed E-state index contributed by atoms with van der Waals surface area (Å²) in [6, 6.07) is 8.33. The maximum Gasteiger partial charge on any atom is 0.255 e. The quantitative estimate of drug-likeness (QED) is 0.594. The fourth-order valence-corrected chi connectivity index (χ4v) is 4.62. The summed E-state index contributed by atoms with van der Waals surface area (Å²) in [6.45, 7) is 0.799. The van der Waals surface area contributed by atoms with E-state index in [1.54, 1.807) is 4.90 Å². The van der Waals surface area contributed by atoms with Crippen molar-refractivity contribution in [2.75, 3.05) is 13.6 Å². The van der Waals surface area contributed by atoms with Gasteiger partial charge < -0.3 is 10.6 Å². The second-order valence-electron chi connectivity index (χ2n) is 7.87. The van der Waals surface area contributed by atoms with Gasteiger partial charge in [-0.25, -0.2) is 0 Å². The Hall–Kier alpha value is -1.15. The zero-order chi connectivity index (χ0) is 19.0. The third kappa shape index (κ3) is 4.37. The van der Waals surface area contributed by atoms with Crippen LogP contribution in [-0.4, -0.2) is 48.9 Å². The first-order valence-corrected chi connectivity index (χ1v) is 10.2. The van der Waals surface area contributed by atoms with Crippen LogP contribution in [0.2, 0.25) is 5.02 Å². The molecule has 4 rings (SSSR count). The molecule has 28 heavy (non-hydrogen) atoms. The van der Waals surface area contributed by atoms with E-state index in [1.807, 2.05) is 31.3 Å². The molecule has 2 fully saturated rings. The molecule has 0 radical (unpaired) electrons. The molecule has 1 saturated heterocycles. The topological polar surface area (TPSA) is 82.4 Å². The molecule has 6 nitrogen and oxygen atoms in total. The number of hydrogen-bond donors (Lipinski definition) is 4. The summed E-state index contributed by atoms with van der Waals surface area (Å²) in [5.74, 6) is 0.193. The Morgan fingerprint density at radius 1 is 1.21 bits per heavy atom. The lowest BCUT2D eigenvalue weighted by Gasteiger charge is -2.46. The van der Waals surface area contributed by atoms with E-state index in [-0.39, 0.29) is 36.7 Å². The van der Waals surface area contributed by atoms with Crippen LogP contribution in [0.5, 0.6) is 0 Å². The number of hydrogen-bond acceptors (Lipinski definition) is 5.